The molecule has 1 N–H and O–H groups in total. The van der Waals surface area contributed by atoms with Crippen LogP contribution in [0.5, 0.6) is 0 Å². The lowest BCUT2D eigenvalue weighted by atomic mass is 10.1. The molecule has 0 aliphatic rings. The standard InChI is InChI=1S/C18H21FN2O3S/c1-14(16-6-4-3-5-7-16)20-18(22)13-21(25(2,23)24)12-15-8-10-17(19)11-9-15/h3-11,14H,12-13H2,1-2H3,(H,20,22)/t14-/m1/s1. The number of hydrogen-bond donors (Lipinski definition) is 1. The molecule has 1 atom stereocenters. The zero-order valence-corrected chi connectivity index (χ0v) is 15.0. The van der Waals surface area contributed by atoms with E-state index in [0.29, 0.717) is 5.56 Å². The lowest BCUT2D eigenvalue weighted by Gasteiger charge is -2.21. The van der Waals surface area contributed by atoms with Crippen LogP contribution >= 0.6 is 0 Å². The average Bonchev–Trinajstić information content (AvgIpc) is 2.56. The van der Waals surface area contributed by atoms with Crippen LogP contribution in [-0.2, 0) is 21.4 Å². The Labute approximate surface area is 147 Å². The third kappa shape index (κ3) is 5.95. The lowest BCUT2D eigenvalue weighted by Crippen LogP contribution is -2.40. The van der Waals surface area contributed by atoms with Crippen LogP contribution in [0.2, 0.25) is 0 Å². The molecule has 0 radical (unpaired) electrons. The molecule has 1 amide bonds. The van der Waals surface area contributed by atoms with Gasteiger partial charge in [-0.25, -0.2) is 12.8 Å². The summed E-state index contributed by atoms with van der Waals surface area (Å²) in [5.74, 6) is -0.798. The first-order chi connectivity index (χ1) is 11.8. The topological polar surface area (TPSA) is 66.5 Å². The fourth-order valence-electron chi connectivity index (χ4n) is 2.36. The number of carbonyl (C=O) groups excluding carboxylic acids is 1. The maximum atomic E-state index is 13.0. The van der Waals surface area contributed by atoms with Gasteiger partial charge in [0.05, 0.1) is 18.8 Å². The van der Waals surface area contributed by atoms with E-state index in [2.05, 4.69) is 5.32 Å². The largest absolute Gasteiger partial charge is 0.348 e. The predicted molar refractivity (Wildman–Crippen MR) is 94.7 cm³/mol. The van der Waals surface area contributed by atoms with Crippen LogP contribution in [-0.4, -0.2) is 31.4 Å². The second kappa shape index (κ2) is 8.22. The van der Waals surface area contributed by atoms with Crippen molar-refractivity contribution in [2.24, 2.45) is 0 Å². The van der Waals surface area contributed by atoms with E-state index < -0.39 is 21.7 Å². The van der Waals surface area contributed by atoms with Crippen LogP contribution in [0.1, 0.15) is 24.1 Å². The van der Waals surface area contributed by atoms with Gasteiger partial charge in [-0.15, -0.1) is 0 Å². The van der Waals surface area contributed by atoms with Crippen LogP contribution in [0.4, 0.5) is 4.39 Å². The predicted octanol–water partition coefficient (Wildman–Crippen LogP) is 2.46. The Balaban J connectivity index is 2.04. The second-order valence-corrected chi connectivity index (χ2v) is 7.84. The smallest absolute Gasteiger partial charge is 0.235 e. The Hall–Kier alpha value is -2.25. The molecule has 0 aliphatic carbocycles. The number of sulfonamides is 1. The summed E-state index contributed by atoms with van der Waals surface area (Å²) in [6.45, 7) is 1.54. The third-order valence-corrected chi connectivity index (χ3v) is 4.93. The van der Waals surface area contributed by atoms with Gasteiger partial charge in [-0.05, 0) is 30.2 Å². The molecule has 2 aromatic carbocycles. The van der Waals surface area contributed by atoms with Crippen molar-refractivity contribution < 1.29 is 17.6 Å². The fraction of sp³-hybridized carbons (Fsp3) is 0.278. The van der Waals surface area contributed by atoms with Gasteiger partial charge in [0.2, 0.25) is 15.9 Å². The SMILES string of the molecule is C[C@@H](NC(=O)CN(Cc1ccc(F)cc1)S(C)(=O)=O)c1ccccc1. The maximum Gasteiger partial charge on any atom is 0.235 e. The van der Waals surface area contributed by atoms with E-state index in [1.807, 2.05) is 37.3 Å². The minimum Gasteiger partial charge on any atom is -0.348 e. The summed E-state index contributed by atoms with van der Waals surface area (Å²) in [5, 5.41) is 2.79. The Kier molecular flexibility index (Phi) is 6.27. The molecule has 5 nitrogen and oxygen atoms in total. The number of amides is 1. The summed E-state index contributed by atoms with van der Waals surface area (Å²) in [6.07, 6.45) is 1.05. The van der Waals surface area contributed by atoms with E-state index in [0.717, 1.165) is 16.1 Å². The van der Waals surface area contributed by atoms with Crippen molar-refractivity contribution in [3.63, 3.8) is 0 Å². The highest BCUT2D eigenvalue weighted by Crippen LogP contribution is 2.13. The molecule has 0 aromatic heterocycles. The molecule has 7 heteroatoms. The number of rotatable bonds is 7. The van der Waals surface area contributed by atoms with Crippen LogP contribution in [0.15, 0.2) is 54.6 Å². The van der Waals surface area contributed by atoms with Crippen molar-refractivity contribution in [2.75, 3.05) is 12.8 Å². The summed E-state index contributed by atoms with van der Waals surface area (Å²) in [7, 11) is -3.59. The van der Waals surface area contributed by atoms with Crippen LogP contribution in [0, 0.1) is 5.82 Å². The first-order valence-corrected chi connectivity index (χ1v) is 9.64. The van der Waals surface area contributed by atoms with Crippen LogP contribution < -0.4 is 5.32 Å². The number of benzene rings is 2. The molecule has 0 unspecified atom stereocenters. The maximum absolute atomic E-state index is 13.0. The van der Waals surface area contributed by atoms with E-state index in [1.165, 1.54) is 24.3 Å². The Morgan fingerprint density at radius 3 is 2.28 bits per heavy atom. The minimum absolute atomic E-state index is 0.00620. The number of carbonyl (C=O) groups is 1. The van der Waals surface area contributed by atoms with E-state index >= 15 is 0 Å². The van der Waals surface area contributed by atoms with Gasteiger partial charge in [0.25, 0.3) is 0 Å². The summed E-state index contributed by atoms with van der Waals surface area (Å²) < 4.78 is 38.0. The highest BCUT2D eigenvalue weighted by molar-refractivity contribution is 7.88. The average molecular weight is 364 g/mol. The van der Waals surface area contributed by atoms with Crippen molar-refractivity contribution in [1.29, 1.82) is 0 Å². The molecule has 0 spiro atoms. The van der Waals surface area contributed by atoms with E-state index in [4.69, 9.17) is 0 Å². The van der Waals surface area contributed by atoms with Crippen molar-refractivity contribution in [3.8, 4) is 0 Å². The van der Waals surface area contributed by atoms with E-state index in [-0.39, 0.29) is 19.1 Å². The lowest BCUT2D eigenvalue weighted by molar-refractivity contribution is -0.122. The second-order valence-electron chi connectivity index (χ2n) is 5.86. The number of nitrogens with zero attached hydrogens (tertiary/aromatic N) is 1. The van der Waals surface area contributed by atoms with Crippen molar-refractivity contribution in [2.45, 2.75) is 19.5 Å². The highest BCUT2D eigenvalue weighted by atomic mass is 32.2. The van der Waals surface area contributed by atoms with Crippen molar-refractivity contribution in [1.82, 2.24) is 9.62 Å². The van der Waals surface area contributed by atoms with Gasteiger partial charge in [-0.2, -0.15) is 4.31 Å². The molecule has 0 fully saturated rings. The van der Waals surface area contributed by atoms with E-state index in [1.54, 1.807) is 0 Å². The molecule has 0 aliphatic heterocycles. The molecule has 2 rings (SSSR count). The van der Waals surface area contributed by atoms with Gasteiger partial charge in [-0.3, -0.25) is 4.79 Å². The quantitative estimate of drug-likeness (QED) is 0.821. The monoisotopic (exact) mass is 364 g/mol. The van der Waals surface area contributed by atoms with Gasteiger partial charge in [-0.1, -0.05) is 42.5 Å². The molecule has 0 heterocycles. The number of nitrogens with one attached hydrogen (secondary N) is 1. The fourth-order valence-corrected chi connectivity index (χ4v) is 3.09. The molecular formula is C18H21FN2O3S. The summed E-state index contributed by atoms with van der Waals surface area (Å²) in [4.78, 5) is 12.3. The molecule has 2 aromatic rings. The van der Waals surface area contributed by atoms with Crippen molar-refractivity contribution in [3.05, 3.63) is 71.5 Å². The number of halogens is 1. The first kappa shape index (κ1) is 19.1. The van der Waals surface area contributed by atoms with Crippen LogP contribution in [0.3, 0.4) is 0 Å². The number of hydrogen-bond acceptors (Lipinski definition) is 3. The molecule has 0 bridgehead atoms. The van der Waals surface area contributed by atoms with Gasteiger partial charge in [0.15, 0.2) is 0 Å². The van der Waals surface area contributed by atoms with Gasteiger partial charge >= 0.3 is 0 Å². The summed E-state index contributed by atoms with van der Waals surface area (Å²) in [5.41, 5.74) is 1.54. The molecule has 0 saturated heterocycles. The first-order valence-electron chi connectivity index (χ1n) is 7.79. The minimum atomic E-state index is -3.59. The normalized spacial score (nSPS) is 12.8. The summed E-state index contributed by atoms with van der Waals surface area (Å²) in [6, 6.07) is 14.7. The van der Waals surface area contributed by atoms with Gasteiger partial charge in [0.1, 0.15) is 5.82 Å². The molecule has 0 saturated carbocycles. The van der Waals surface area contributed by atoms with Gasteiger partial charge < -0.3 is 5.32 Å². The van der Waals surface area contributed by atoms with Crippen molar-refractivity contribution >= 4 is 15.9 Å². The zero-order chi connectivity index (χ0) is 18.4. The zero-order valence-electron chi connectivity index (χ0n) is 14.1. The molecular weight excluding hydrogens is 343 g/mol. The molecule has 25 heavy (non-hydrogen) atoms. The Bertz CT molecular complexity index is 808. The van der Waals surface area contributed by atoms with Crippen LogP contribution in [0.25, 0.3) is 0 Å². The van der Waals surface area contributed by atoms with E-state index in [9.17, 15) is 17.6 Å². The third-order valence-electron chi connectivity index (χ3n) is 3.74. The Morgan fingerprint density at radius 2 is 1.72 bits per heavy atom. The molecule has 134 valence electrons. The summed E-state index contributed by atoms with van der Waals surface area (Å²) >= 11 is 0. The highest BCUT2D eigenvalue weighted by Gasteiger charge is 2.21. The Morgan fingerprint density at radius 1 is 1.12 bits per heavy atom. The van der Waals surface area contributed by atoms with Gasteiger partial charge in [0, 0.05) is 6.54 Å².